The zero-order valence-corrected chi connectivity index (χ0v) is 15.1. The molecule has 0 aliphatic carbocycles. The number of nitrogens with zero attached hydrogens (tertiary/aromatic N) is 5. The Kier molecular flexibility index (Phi) is 3.72. The van der Waals surface area contributed by atoms with Crippen molar-refractivity contribution in [1.82, 2.24) is 14.5 Å². The Morgan fingerprint density at radius 2 is 1.75 bits per heavy atom. The van der Waals surface area contributed by atoms with Crippen LogP contribution in [0.2, 0.25) is 0 Å². The zero-order chi connectivity index (χ0) is 19.1. The van der Waals surface area contributed by atoms with Gasteiger partial charge in [0.05, 0.1) is 16.7 Å². The van der Waals surface area contributed by atoms with E-state index in [1.807, 2.05) is 48.5 Å². The maximum Gasteiger partial charge on any atom is 0.325 e. The molecule has 138 valence electrons. The molecule has 3 heterocycles. The van der Waals surface area contributed by atoms with Crippen molar-refractivity contribution < 1.29 is 4.79 Å². The van der Waals surface area contributed by atoms with E-state index in [0.717, 1.165) is 35.8 Å². The summed E-state index contributed by atoms with van der Waals surface area (Å²) in [4.78, 5) is 24.6. The second-order valence-corrected chi connectivity index (χ2v) is 6.58. The largest absolute Gasteiger partial charge is 0.351 e. The number of imidazole rings is 1. The van der Waals surface area contributed by atoms with Crippen LogP contribution in [0.1, 0.15) is 0 Å². The number of primary amides is 1. The number of rotatable bonds is 3. The maximum absolute atomic E-state index is 12.0. The molecule has 0 spiro atoms. The molecule has 2 amide bonds. The summed E-state index contributed by atoms with van der Waals surface area (Å²) < 4.78 is 2.23. The van der Waals surface area contributed by atoms with Gasteiger partial charge in [-0.25, -0.2) is 19.7 Å². The Hall–Kier alpha value is -3.87. The first-order chi connectivity index (χ1) is 13.7. The number of pyridine rings is 1. The molecule has 0 fully saturated rings. The third kappa shape index (κ3) is 2.56. The second kappa shape index (κ2) is 6.38. The molecule has 7 nitrogen and oxygen atoms in total. The van der Waals surface area contributed by atoms with Crippen LogP contribution >= 0.6 is 0 Å². The number of amides is 2. The standard InChI is InChI=1S/C21H18N6O/c22-20(28)27(19-7-3-4-12-23-19)16-10-8-15(9-11-16)25-13-14-26-18-6-2-1-5-17(18)24-21(25)26/h1-12H,13-14H2,(H2,22,28). The quantitative estimate of drug-likeness (QED) is 0.595. The zero-order valence-electron chi connectivity index (χ0n) is 15.1. The number of carbonyl (C=O) groups is 1. The predicted octanol–water partition coefficient (Wildman–Crippen LogP) is 3.80. The molecule has 2 N–H and O–H groups in total. The van der Waals surface area contributed by atoms with E-state index in [4.69, 9.17) is 10.7 Å². The second-order valence-electron chi connectivity index (χ2n) is 6.58. The number of aromatic nitrogens is 3. The smallest absolute Gasteiger partial charge is 0.325 e. The minimum Gasteiger partial charge on any atom is -0.351 e. The number of hydrogen-bond donors (Lipinski definition) is 1. The van der Waals surface area contributed by atoms with E-state index in [-0.39, 0.29) is 0 Å². The molecule has 2 aromatic carbocycles. The van der Waals surface area contributed by atoms with Gasteiger partial charge in [0.25, 0.3) is 0 Å². The van der Waals surface area contributed by atoms with Gasteiger partial charge in [-0.2, -0.15) is 0 Å². The molecular formula is C21H18N6O. The predicted molar refractivity (Wildman–Crippen MR) is 109 cm³/mol. The van der Waals surface area contributed by atoms with E-state index >= 15 is 0 Å². The summed E-state index contributed by atoms with van der Waals surface area (Å²) in [5.41, 5.74) is 9.42. The number of nitrogens with two attached hydrogens (primary N) is 1. The third-order valence-corrected chi connectivity index (χ3v) is 4.94. The molecule has 28 heavy (non-hydrogen) atoms. The Labute approximate surface area is 161 Å². The van der Waals surface area contributed by atoms with Gasteiger partial charge < -0.3 is 15.2 Å². The number of urea groups is 1. The number of anilines is 4. The summed E-state index contributed by atoms with van der Waals surface area (Å²) in [5, 5.41) is 0. The van der Waals surface area contributed by atoms with Crippen molar-refractivity contribution in [3.63, 3.8) is 0 Å². The van der Waals surface area contributed by atoms with Gasteiger partial charge in [-0.1, -0.05) is 18.2 Å². The molecule has 7 heteroatoms. The molecule has 0 radical (unpaired) electrons. The Morgan fingerprint density at radius 3 is 2.50 bits per heavy atom. The van der Waals surface area contributed by atoms with Crippen molar-refractivity contribution in [2.24, 2.45) is 5.73 Å². The van der Waals surface area contributed by atoms with Gasteiger partial charge in [-0.05, 0) is 48.5 Å². The van der Waals surface area contributed by atoms with Crippen molar-refractivity contribution in [3.8, 4) is 0 Å². The van der Waals surface area contributed by atoms with Crippen LogP contribution in [0.3, 0.4) is 0 Å². The van der Waals surface area contributed by atoms with Crippen molar-refractivity contribution >= 4 is 40.2 Å². The van der Waals surface area contributed by atoms with Crippen LogP contribution < -0.4 is 15.5 Å². The molecule has 0 saturated carbocycles. The average Bonchev–Trinajstić information content (AvgIpc) is 3.29. The van der Waals surface area contributed by atoms with Crippen LogP contribution in [0.25, 0.3) is 11.0 Å². The van der Waals surface area contributed by atoms with Gasteiger partial charge in [-0.3, -0.25) is 0 Å². The van der Waals surface area contributed by atoms with Crippen LogP contribution in [0.4, 0.5) is 27.9 Å². The number of carbonyl (C=O) groups excluding carboxylic acids is 1. The Morgan fingerprint density at radius 1 is 0.964 bits per heavy atom. The molecule has 4 aromatic rings. The van der Waals surface area contributed by atoms with Crippen molar-refractivity contribution in [2.45, 2.75) is 6.54 Å². The van der Waals surface area contributed by atoms with E-state index in [1.165, 1.54) is 4.90 Å². The van der Waals surface area contributed by atoms with Crippen molar-refractivity contribution in [1.29, 1.82) is 0 Å². The lowest BCUT2D eigenvalue weighted by atomic mass is 10.2. The minimum absolute atomic E-state index is 0.491. The molecule has 0 atom stereocenters. The number of fused-ring (bicyclic) bond motifs is 3. The molecule has 2 aromatic heterocycles. The van der Waals surface area contributed by atoms with Gasteiger partial charge in [0.1, 0.15) is 5.82 Å². The van der Waals surface area contributed by atoms with Crippen LogP contribution in [0, 0.1) is 0 Å². The van der Waals surface area contributed by atoms with E-state index in [9.17, 15) is 4.79 Å². The van der Waals surface area contributed by atoms with Gasteiger partial charge in [0, 0.05) is 25.0 Å². The molecule has 1 aliphatic rings. The number of benzene rings is 2. The number of para-hydroxylation sites is 2. The fraction of sp³-hybridized carbons (Fsp3) is 0.0952. The Balaban J connectivity index is 1.49. The molecular weight excluding hydrogens is 352 g/mol. The fourth-order valence-electron chi connectivity index (χ4n) is 3.67. The van der Waals surface area contributed by atoms with E-state index in [2.05, 4.69) is 20.5 Å². The molecule has 0 bridgehead atoms. The highest BCUT2D eigenvalue weighted by atomic mass is 16.2. The molecule has 0 unspecified atom stereocenters. The average molecular weight is 370 g/mol. The first-order valence-corrected chi connectivity index (χ1v) is 9.06. The highest BCUT2D eigenvalue weighted by Gasteiger charge is 2.25. The summed E-state index contributed by atoms with van der Waals surface area (Å²) in [6.45, 7) is 1.74. The van der Waals surface area contributed by atoms with E-state index in [0.29, 0.717) is 11.5 Å². The van der Waals surface area contributed by atoms with Crippen molar-refractivity contribution in [2.75, 3.05) is 16.3 Å². The minimum atomic E-state index is -0.575. The van der Waals surface area contributed by atoms with Crippen LogP contribution in [0.15, 0.2) is 72.9 Å². The highest BCUT2D eigenvalue weighted by Crippen LogP contribution is 2.34. The summed E-state index contributed by atoms with van der Waals surface area (Å²) in [6.07, 6.45) is 1.63. The molecule has 0 saturated heterocycles. The van der Waals surface area contributed by atoms with E-state index < -0.39 is 6.03 Å². The highest BCUT2D eigenvalue weighted by molar-refractivity contribution is 5.97. The van der Waals surface area contributed by atoms with Crippen LogP contribution in [-0.2, 0) is 6.54 Å². The molecule has 1 aliphatic heterocycles. The topological polar surface area (TPSA) is 80.3 Å². The SMILES string of the molecule is NC(=O)N(c1ccc(N2CCn3c2nc2ccccc23)cc1)c1ccccn1. The summed E-state index contributed by atoms with van der Waals surface area (Å²) in [6, 6.07) is 20.6. The van der Waals surface area contributed by atoms with Crippen LogP contribution in [0.5, 0.6) is 0 Å². The first-order valence-electron chi connectivity index (χ1n) is 9.06. The summed E-state index contributed by atoms with van der Waals surface area (Å²) >= 11 is 0. The Bertz CT molecular complexity index is 1150. The third-order valence-electron chi connectivity index (χ3n) is 4.94. The monoisotopic (exact) mass is 370 g/mol. The fourth-order valence-corrected chi connectivity index (χ4v) is 3.67. The van der Waals surface area contributed by atoms with Crippen molar-refractivity contribution in [3.05, 3.63) is 72.9 Å². The van der Waals surface area contributed by atoms with Crippen LogP contribution in [-0.4, -0.2) is 27.1 Å². The summed E-state index contributed by atoms with van der Waals surface area (Å²) in [5.74, 6) is 1.43. The summed E-state index contributed by atoms with van der Waals surface area (Å²) in [7, 11) is 0. The maximum atomic E-state index is 12.0. The van der Waals surface area contributed by atoms with Gasteiger partial charge in [0.15, 0.2) is 0 Å². The normalized spacial score (nSPS) is 12.9. The lowest BCUT2D eigenvalue weighted by molar-refractivity contribution is 0.256. The van der Waals surface area contributed by atoms with Gasteiger partial charge >= 0.3 is 6.03 Å². The van der Waals surface area contributed by atoms with E-state index in [1.54, 1.807) is 18.3 Å². The first kappa shape index (κ1) is 16.3. The number of hydrogen-bond acceptors (Lipinski definition) is 4. The lowest BCUT2D eigenvalue weighted by Gasteiger charge is -2.21. The van der Waals surface area contributed by atoms with Gasteiger partial charge in [0.2, 0.25) is 5.95 Å². The molecule has 5 rings (SSSR count). The van der Waals surface area contributed by atoms with Gasteiger partial charge in [-0.15, -0.1) is 0 Å². The lowest BCUT2D eigenvalue weighted by Crippen LogP contribution is -2.32.